The van der Waals surface area contributed by atoms with Crippen LogP contribution >= 0.6 is 0 Å². The lowest BCUT2D eigenvalue weighted by Crippen LogP contribution is -2.11. The molecule has 1 nitrogen and oxygen atoms in total. The predicted octanol–water partition coefficient (Wildman–Crippen LogP) is 2.89. The van der Waals surface area contributed by atoms with Crippen LogP contribution in [0.2, 0.25) is 0 Å². The minimum absolute atomic E-state index is 0.181. The molecule has 0 saturated heterocycles. The summed E-state index contributed by atoms with van der Waals surface area (Å²) >= 11 is 0. The Kier molecular flexibility index (Phi) is 3.10. The minimum atomic E-state index is -4.37. The molecule has 1 rings (SSSR count). The molecule has 5 heteroatoms. The number of hydrogen-bond donors (Lipinski definition) is 1. The minimum Gasteiger partial charge on any atom is -0.287 e. The van der Waals surface area contributed by atoms with Gasteiger partial charge < -0.3 is 0 Å². The highest BCUT2D eigenvalue weighted by Crippen LogP contribution is 2.29. The maximum Gasteiger partial charge on any atom is 0.416 e. The highest BCUT2D eigenvalue weighted by atomic mass is 19.4. The Bertz CT molecular complexity index is 291. The van der Waals surface area contributed by atoms with Crippen molar-refractivity contribution < 1.29 is 17.6 Å². The second kappa shape index (κ2) is 3.96. The molecule has 0 aliphatic rings. The van der Waals surface area contributed by atoms with E-state index in [1.165, 1.54) is 7.05 Å². The quantitative estimate of drug-likeness (QED) is 0.580. The summed E-state index contributed by atoms with van der Waals surface area (Å²) in [4.78, 5) is 0. The van der Waals surface area contributed by atoms with Crippen LogP contribution in [0.3, 0.4) is 0 Å². The van der Waals surface area contributed by atoms with E-state index < -0.39 is 18.0 Å². The van der Waals surface area contributed by atoms with Gasteiger partial charge in [-0.15, -0.1) is 0 Å². The summed E-state index contributed by atoms with van der Waals surface area (Å²) in [5.74, 6) is 0. The van der Waals surface area contributed by atoms with Crippen molar-refractivity contribution in [2.24, 2.45) is 0 Å². The zero-order valence-corrected chi connectivity index (χ0v) is 7.40. The summed E-state index contributed by atoms with van der Waals surface area (Å²) in [7, 11) is 1.39. The van der Waals surface area contributed by atoms with Crippen LogP contribution in [-0.4, -0.2) is 7.05 Å². The van der Waals surface area contributed by atoms with E-state index in [0.717, 1.165) is 24.3 Å². The topological polar surface area (TPSA) is 12.0 Å². The first-order chi connectivity index (χ1) is 6.45. The molecule has 1 atom stereocenters. The average Bonchev–Trinajstić information content (AvgIpc) is 2.15. The van der Waals surface area contributed by atoms with Crippen LogP contribution in [0.1, 0.15) is 17.4 Å². The molecule has 1 aromatic carbocycles. The van der Waals surface area contributed by atoms with Crippen molar-refractivity contribution in [3.63, 3.8) is 0 Å². The SMILES string of the molecule is CNC(F)c1ccc(C(F)(F)F)cc1. The van der Waals surface area contributed by atoms with Crippen LogP contribution in [0.4, 0.5) is 17.6 Å². The standard InChI is InChI=1S/C9H9F4N/c1-14-8(10)6-2-4-7(5-3-6)9(11,12)13/h2-5,8,14H,1H3. The maximum absolute atomic E-state index is 12.9. The third kappa shape index (κ3) is 2.45. The van der Waals surface area contributed by atoms with Gasteiger partial charge >= 0.3 is 6.18 Å². The van der Waals surface area contributed by atoms with Gasteiger partial charge in [-0.05, 0) is 19.2 Å². The van der Waals surface area contributed by atoms with E-state index in [9.17, 15) is 17.6 Å². The molecule has 14 heavy (non-hydrogen) atoms. The number of halogens is 4. The summed E-state index contributed by atoms with van der Waals surface area (Å²) in [6.07, 6.45) is -5.80. The summed E-state index contributed by atoms with van der Waals surface area (Å²) in [6.45, 7) is 0. The van der Waals surface area contributed by atoms with Gasteiger partial charge in [0, 0.05) is 5.56 Å². The number of nitrogens with one attached hydrogen (secondary N) is 1. The van der Waals surface area contributed by atoms with Crippen molar-refractivity contribution in [2.45, 2.75) is 12.5 Å². The molecule has 0 spiro atoms. The van der Waals surface area contributed by atoms with Crippen LogP contribution in [0, 0.1) is 0 Å². The molecule has 0 aromatic heterocycles. The normalized spacial score (nSPS) is 14.1. The number of rotatable bonds is 2. The van der Waals surface area contributed by atoms with Crippen molar-refractivity contribution >= 4 is 0 Å². The van der Waals surface area contributed by atoms with Crippen LogP contribution in [0.15, 0.2) is 24.3 Å². The molecule has 1 unspecified atom stereocenters. The summed E-state index contributed by atoms with van der Waals surface area (Å²) in [5.41, 5.74) is -0.593. The van der Waals surface area contributed by atoms with Gasteiger partial charge in [-0.2, -0.15) is 13.2 Å². The number of alkyl halides is 4. The molecule has 0 bridgehead atoms. The molecule has 0 saturated carbocycles. The lowest BCUT2D eigenvalue weighted by molar-refractivity contribution is -0.137. The zero-order valence-electron chi connectivity index (χ0n) is 7.40. The molecule has 0 amide bonds. The van der Waals surface area contributed by atoms with Crippen LogP contribution in [0.25, 0.3) is 0 Å². The second-order valence-electron chi connectivity index (χ2n) is 2.77. The lowest BCUT2D eigenvalue weighted by Gasteiger charge is -2.09. The highest BCUT2D eigenvalue weighted by molar-refractivity contribution is 5.25. The Morgan fingerprint density at radius 2 is 1.64 bits per heavy atom. The first kappa shape index (κ1) is 11.0. The predicted molar refractivity (Wildman–Crippen MR) is 44.4 cm³/mol. The number of benzene rings is 1. The monoisotopic (exact) mass is 207 g/mol. The van der Waals surface area contributed by atoms with Crippen molar-refractivity contribution in [3.8, 4) is 0 Å². The van der Waals surface area contributed by atoms with E-state index in [1.807, 2.05) is 0 Å². The average molecular weight is 207 g/mol. The molecule has 0 radical (unpaired) electrons. The van der Waals surface area contributed by atoms with E-state index in [2.05, 4.69) is 5.32 Å². The first-order valence-corrected chi connectivity index (χ1v) is 3.93. The molecule has 0 aliphatic carbocycles. The van der Waals surface area contributed by atoms with Gasteiger partial charge in [0.25, 0.3) is 0 Å². The molecule has 0 aliphatic heterocycles. The van der Waals surface area contributed by atoms with E-state index >= 15 is 0 Å². The van der Waals surface area contributed by atoms with Crippen molar-refractivity contribution in [1.29, 1.82) is 0 Å². The van der Waals surface area contributed by atoms with Crippen molar-refractivity contribution in [1.82, 2.24) is 5.32 Å². The lowest BCUT2D eigenvalue weighted by atomic mass is 10.1. The Morgan fingerprint density at radius 3 is 2.00 bits per heavy atom. The maximum atomic E-state index is 12.9. The van der Waals surface area contributed by atoms with E-state index in [-0.39, 0.29) is 5.56 Å². The van der Waals surface area contributed by atoms with Gasteiger partial charge in [0.1, 0.15) is 0 Å². The second-order valence-corrected chi connectivity index (χ2v) is 2.77. The first-order valence-electron chi connectivity index (χ1n) is 3.93. The van der Waals surface area contributed by atoms with Crippen LogP contribution in [-0.2, 0) is 6.18 Å². The largest absolute Gasteiger partial charge is 0.416 e. The summed E-state index contributed by atoms with van der Waals surface area (Å²) < 4.78 is 49.2. The highest BCUT2D eigenvalue weighted by Gasteiger charge is 2.30. The van der Waals surface area contributed by atoms with Crippen LogP contribution in [0.5, 0.6) is 0 Å². The Balaban J connectivity index is 2.89. The van der Waals surface area contributed by atoms with Crippen molar-refractivity contribution in [2.75, 3.05) is 7.05 Å². The van der Waals surface area contributed by atoms with Gasteiger partial charge in [-0.3, -0.25) is 5.32 Å². The van der Waals surface area contributed by atoms with E-state index in [4.69, 9.17) is 0 Å². The molecular formula is C9H9F4N. The third-order valence-corrected chi connectivity index (χ3v) is 1.78. The fraction of sp³-hybridized carbons (Fsp3) is 0.333. The van der Waals surface area contributed by atoms with Crippen molar-refractivity contribution in [3.05, 3.63) is 35.4 Å². The van der Waals surface area contributed by atoms with Gasteiger partial charge in [-0.1, -0.05) is 12.1 Å². The fourth-order valence-corrected chi connectivity index (χ4v) is 1.01. The van der Waals surface area contributed by atoms with Crippen LogP contribution < -0.4 is 5.32 Å². The molecule has 1 aromatic rings. The zero-order chi connectivity index (χ0) is 10.8. The van der Waals surface area contributed by atoms with Gasteiger partial charge in [0.05, 0.1) is 5.56 Å². The Labute approximate surface area is 78.7 Å². The van der Waals surface area contributed by atoms with Gasteiger partial charge in [-0.25, -0.2) is 4.39 Å². The third-order valence-electron chi connectivity index (χ3n) is 1.78. The van der Waals surface area contributed by atoms with Gasteiger partial charge in [0.2, 0.25) is 0 Å². The van der Waals surface area contributed by atoms with Gasteiger partial charge in [0.15, 0.2) is 6.30 Å². The Morgan fingerprint density at radius 1 is 1.14 bits per heavy atom. The molecule has 1 N–H and O–H groups in total. The molecule has 0 fully saturated rings. The molecule has 0 heterocycles. The van der Waals surface area contributed by atoms with E-state index in [0.29, 0.717) is 0 Å². The summed E-state index contributed by atoms with van der Waals surface area (Å²) in [5, 5.41) is 2.29. The number of hydrogen-bond acceptors (Lipinski definition) is 1. The van der Waals surface area contributed by atoms with E-state index in [1.54, 1.807) is 0 Å². The molecule has 78 valence electrons. The summed E-state index contributed by atoms with van der Waals surface area (Å²) in [6, 6.07) is 3.95. The fourth-order valence-electron chi connectivity index (χ4n) is 1.01. The Hall–Kier alpha value is -1.10. The smallest absolute Gasteiger partial charge is 0.287 e. The molecular weight excluding hydrogens is 198 g/mol.